The van der Waals surface area contributed by atoms with Crippen molar-refractivity contribution in [3.05, 3.63) is 0 Å². The molecule has 2 heteroatoms. The summed E-state index contributed by atoms with van der Waals surface area (Å²) in [5.41, 5.74) is 0. The van der Waals surface area contributed by atoms with Gasteiger partial charge in [0.2, 0.25) is 0 Å². The van der Waals surface area contributed by atoms with Crippen LogP contribution in [0.2, 0.25) is 0 Å². The van der Waals surface area contributed by atoms with Gasteiger partial charge in [0.25, 0.3) is 0 Å². The summed E-state index contributed by atoms with van der Waals surface area (Å²) in [5, 5.41) is 3.65. The monoisotopic (exact) mass is 198 g/mol. The van der Waals surface area contributed by atoms with Gasteiger partial charge in [-0.25, -0.2) is 0 Å². The van der Waals surface area contributed by atoms with Gasteiger partial charge in [-0.15, -0.1) is 0 Å². The quantitative estimate of drug-likeness (QED) is 0.704. The SMILES string of the molecule is CCC(CC)NCC(C)N1CCCC1. The molecule has 0 aromatic carbocycles. The van der Waals surface area contributed by atoms with Crippen LogP contribution >= 0.6 is 0 Å². The highest BCUT2D eigenvalue weighted by atomic mass is 15.2. The molecule has 0 spiro atoms. The van der Waals surface area contributed by atoms with Crippen molar-refractivity contribution in [2.45, 2.75) is 58.5 Å². The summed E-state index contributed by atoms with van der Waals surface area (Å²) in [7, 11) is 0. The molecule has 84 valence electrons. The zero-order chi connectivity index (χ0) is 10.4. The van der Waals surface area contributed by atoms with Crippen molar-refractivity contribution in [2.75, 3.05) is 19.6 Å². The highest BCUT2D eigenvalue weighted by Crippen LogP contribution is 2.11. The second-order valence-electron chi connectivity index (χ2n) is 4.51. The van der Waals surface area contributed by atoms with Crippen molar-refractivity contribution in [1.82, 2.24) is 10.2 Å². The molecule has 1 atom stereocenters. The lowest BCUT2D eigenvalue weighted by Gasteiger charge is -2.26. The van der Waals surface area contributed by atoms with Crippen LogP contribution in [0.1, 0.15) is 46.5 Å². The zero-order valence-corrected chi connectivity index (χ0v) is 10.1. The van der Waals surface area contributed by atoms with E-state index in [1.807, 2.05) is 0 Å². The Morgan fingerprint density at radius 1 is 1.14 bits per heavy atom. The third kappa shape index (κ3) is 3.58. The molecule has 0 radical (unpaired) electrons. The Bertz CT molecular complexity index is 137. The lowest BCUT2D eigenvalue weighted by atomic mass is 10.1. The fourth-order valence-corrected chi connectivity index (χ4v) is 2.23. The average molecular weight is 198 g/mol. The lowest BCUT2D eigenvalue weighted by molar-refractivity contribution is 0.244. The second kappa shape index (κ2) is 6.41. The Morgan fingerprint density at radius 2 is 1.71 bits per heavy atom. The maximum Gasteiger partial charge on any atom is 0.0192 e. The van der Waals surface area contributed by atoms with Crippen LogP contribution in [0.5, 0.6) is 0 Å². The average Bonchev–Trinajstić information content (AvgIpc) is 2.72. The number of nitrogens with one attached hydrogen (secondary N) is 1. The summed E-state index contributed by atoms with van der Waals surface area (Å²) in [6, 6.07) is 1.44. The maximum atomic E-state index is 3.65. The molecule has 1 saturated heterocycles. The largest absolute Gasteiger partial charge is 0.312 e. The van der Waals surface area contributed by atoms with Gasteiger partial charge >= 0.3 is 0 Å². The first-order valence-electron chi connectivity index (χ1n) is 6.25. The summed E-state index contributed by atoms with van der Waals surface area (Å²) >= 11 is 0. The van der Waals surface area contributed by atoms with E-state index < -0.39 is 0 Å². The molecule has 14 heavy (non-hydrogen) atoms. The van der Waals surface area contributed by atoms with Crippen molar-refractivity contribution in [2.24, 2.45) is 0 Å². The van der Waals surface area contributed by atoms with E-state index in [4.69, 9.17) is 0 Å². The normalized spacial score (nSPS) is 20.6. The van der Waals surface area contributed by atoms with E-state index in [2.05, 4.69) is 31.0 Å². The fraction of sp³-hybridized carbons (Fsp3) is 1.00. The summed E-state index contributed by atoms with van der Waals surface area (Å²) in [5.74, 6) is 0. The molecule has 1 heterocycles. The van der Waals surface area contributed by atoms with Crippen molar-refractivity contribution >= 4 is 0 Å². The van der Waals surface area contributed by atoms with Gasteiger partial charge in [-0.2, -0.15) is 0 Å². The van der Waals surface area contributed by atoms with Crippen LogP contribution < -0.4 is 5.32 Å². The van der Waals surface area contributed by atoms with E-state index in [1.54, 1.807) is 0 Å². The first-order chi connectivity index (χ1) is 6.77. The Morgan fingerprint density at radius 3 is 2.21 bits per heavy atom. The van der Waals surface area contributed by atoms with Gasteiger partial charge in [-0.3, -0.25) is 4.90 Å². The lowest BCUT2D eigenvalue weighted by Crippen LogP contribution is -2.41. The van der Waals surface area contributed by atoms with Gasteiger partial charge in [0.15, 0.2) is 0 Å². The maximum absolute atomic E-state index is 3.65. The van der Waals surface area contributed by atoms with E-state index in [-0.39, 0.29) is 0 Å². The van der Waals surface area contributed by atoms with Crippen LogP contribution in [-0.2, 0) is 0 Å². The molecule has 0 aromatic heterocycles. The van der Waals surface area contributed by atoms with E-state index in [9.17, 15) is 0 Å². The Labute approximate surface area is 89.1 Å². The smallest absolute Gasteiger partial charge is 0.0192 e. The predicted octanol–water partition coefficient (Wildman–Crippen LogP) is 2.25. The number of hydrogen-bond donors (Lipinski definition) is 1. The second-order valence-corrected chi connectivity index (χ2v) is 4.51. The molecule has 0 aliphatic carbocycles. The van der Waals surface area contributed by atoms with E-state index in [0.29, 0.717) is 0 Å². The van der Waals surface area contributed by atoms with E-state index in [0.717, 1.165) is 18.6 Å². The first-order valence-corrected chi connectivity index (χ1v) is 6.25. The molecule has 2 nitrogen and oxygen atoms in total. The molecular weight excluding hydrogens is 172 g/mol. The minimum absolute atomic E-state index is 0.720. The van der Waals surface area contributed by atoms with Crippen molar-refractivity contribution in [3.8, 4) is 0 Å². The molecule has 0 aromatic rings. The molecule has 1 aliphatic heterocycles. The molecule has 0 amide bonds. The predicted molar refractivity (Wildman–Crippen MR) is 62.6 cm³/mol. The van der Waals surface area contributed by atoms with Crippen molar-refractivity contribution in [1.29, 1.82) is 0 Å². The molecule has 1 fully saturated rings. The van der Waals surface area contributed by atoms with E-state index >= 15 is 0 Å². The van der Waals surface area contributed by atoms with Gasteiger partial charge in [0.05, 0.1) is 0 Å². The van der Waals surface area contributed by atoms with Crippen LogP contribution in [-0.4, -0.2) is 36.6 Å². The Kier molecular flexibility index (Phi) is 5.49. The van der Waals surface area contributed by atoms with E-state index in [1.165, 1.54) is 38.8 Å². The summed E-state index contributed by atoms with van der Waals surface area (Å²) in [6.45, 7) is 10.7. The van der Waals surface area contributed by atoms with Gasteiger partial charge < -0.3 is 5.32 Å². The van der Waals surface area contributed by atoms with Crippen LogP contribution in [0.15, 0.2) is 0 Å². The molecule has 1 rings (SSSR count). The Balaban J connectivity index is 2.15. The molecular formula is C12H26N2. The number of rotatable bonds is 6. The number of hydrogen-bond acceptors (Lipinski definition) is 2. The summed E-state index contributed by atoms with van der Waals surface area (Å²) in [6.07, 6.45) is 5.30. The van der Waals surface area contributed by atoms with Crippen LogP contribution in [0, 0.1) is 0 Å². The van der Waals surface area contributed by atoms with Gasteiger partial charge in [-0.1, -0.05) is 13.8 Å². The third-order valence-electron chi connectivity index (χ3n) is 3.45. The van der Waals surface area contributed by atoms with Crippen LogP contribution in [0.3, 0.4) is 0 Å². The zero-order valence-electron chi connectivity index (χ0n) is 10.1. The van der Waals surface area contributed by atoms with Gasteiger partial charge in [0, 0.05) is 18.6 Å². The Hall–Kier alpha value is -0.0800. The topological polar surface area (TPSA) is 15.3 Å². The molecule has 0 bridgehead atoms. The number of nitrogens with zero attached hydrogens (tertiary/aromatic N) is 1. The van der Waals surface area contributed by atoms with Crippen molar-refractivity contribution < 1.29 is 0 Å². The molecule has 1 unspecified atom stereocenters. The molecule has 1 aliphatic rings. The summed E-state index contributed by atoms with van der Waals surface area (Å²) < 4.78 is 0. The fourth-order valence-electron chi connectivity index (χ4n) is 2.23. The molecule has 1 N–H and O–H groups in total. The first kappa shape index (κ1) is 12.0. The highest BCUT2D eigenvalue weighted by molar-refractivity contribution is 4.76. The minimum atomic E-state index is 0.720. The molecule has 0 saturated carbocycles. The van der Waals surface area contributed by atoms with Gasteiger partial charge in [-0.05, 0) is 45.7 Å². The standard InChI is InChI=1S/C12H26N2/c1-4-12(5-2)13-10-11(3)14-8-6-7-9-14/h11-13H,4-10H2,1-3H3. The van der Waals surface area contributed by atoms with Gasteiger partial charge in [0.1, 0.15) is 0 Å². The van der Waals surface area contributed by atoms with Crippen LogP contribution in [0.25, 0.3) is 0 Å². The highest BCUT2D eigenvalue weighted by Gasteiger charge is 2.18. The van der Waals surface area contributed by atoms with Crippen LogP contribution in [0.4, 0.5) is 0 Å². The van der Waals surface area contributed by atoms with Crippen molar-refractivity contribution in [3.63, 3.8) is 0 Å². The number of likely N-dealkylation sites (tertiary alicyclic amines) is 1. The third-order valence-corrected chi connectivity index (χ3v) is 3.45. The minimum Gasteiger partial charge on any atom is -0.312 e. The summed E-state index contributed by atoms with van der Waals surface area (Å²) in [4.78, 5) is 2.61.